The summed E-state index contributed by atoms with van der Waals surface area (Å²) in [6, 6.07) is 4.12. The van der Waals surface area contributed by atoms with E-state index in [1.807, 2.05) is 6.92 Å². The van der Waals surface area contributed by atoms with Crippen LogP contribution in [-0.4, -0.2) is 23.7 Å². The van der Waals surface area contributed by atoms with E-state index in [1.54, 1.807) is 13.0 Å². The molecule has 1 atom stereocenters. The fraction of sp³-hybridized carbons (Fsp3) is 0.417. The lowest BCUT2D eigenvalue weighted by Crippen LogP contribution is -2.37. The Kier molecular flexibility index (Phi) is 4.43. The average molecular weight is 225 g/mol. The summed E-state index contributed by atoms with van der Waals surface area (Å²) < 4.78 is 13.4. The lowest BCUT2D eigenvalue weighted by atomic mass is 10.1. The van der Waals surface area contributed by atoms with E-state index in [-0.39, 0.29) is 18.2 Å². The molecule has 1 amide bonds. The molecular weight excluding hydrogens is 209 g/mol. The Hall–Kier alpha value is -1.42. The van der Waals surface area contributed by atoms with Gasteiger partial charge in [0.15, 0.2) is 0 Å². The van der Waals surface area contributed by atoms with Gasteiger partial charge in [0, 0.05) is 0 Å². The van der Waals surface area contributed by atoms with Gasteiger partial charge < -0.3 is 10.4 Å². The van der Waals surface area contributed by atoms with Gasteiger partial charge in [-0.2, -0.15) is 0 Å². The van der Waals surface area contributed by atoms with Crippen LogP contribution in [0.4, 0.5) is 4.39 Å². The SMILES string of the molecule is CC[C@@H](CO)NC(=O)c1ccc(C)cc1F. The first-order chi connectivity index (χ1) is 7.58. The zero-order valence-corrected chi connectivity index (χ0v) is 9.46. The Morgan fingerprint density at radius 1 is 1.56 bits per heavy atom. The summed E-state index contributed by atoms with van der Waals surface area (Å²) in [5, 5.41) is 11.5. The molecule has 4 heteroatoms. The van der Waals surface area contributed by atoms with Crippen molar-refractivity contribution in [1.29, 1.82) is 0 Å². The average Bonchev–Trinajstić information content (AvgIpc) is 2.25. The number of nitrogens with one attached hydrogen (secondary N) is 1. The van der Waals surface area contributed by atoms with E-state index >= 15 is 0 Å². The summed E-state index contributed by atoms with van der Waals surface area (Å²) in [5.74, 6) is -1.02. The van der Waals surface area contributed by atoms with E-state index in [0.29, 0.717) is 6.42 Å². The van der Waals surface area contributed by atoms with Gasteiger partial charge in [-0.25, -0.2) is 4.39 Å². The van der Waals surface area contributed by atoms with Crippen molar-refractivity contribution in [2.24, 2.45) is 0 Å². The Bertz CT molecular complexity index is 375. The summed E-state index contributed by atoms with van der Waals surface area (Å²) in [6.07, 6.45) is 0.607. The zero-order valence-electron chi connectivity index (χ0n) is 9.46. The van der Waals surface area contributed by atoms with Gasteiger partial charge in [0.25, 0.3) is 5.91 Å². The number of halogens is 1. The number of benzene rings is 1. The van der Waals surface area contributed by atoms with E-state index in [0.717, 1.165) is 5.56 Å². The maximum absolute atomic E-state index is 13.4. The topological polar surface area (TPSA) is 49.3 Å². The minimum Gasteiger partial charge on any atom is -0.394 e. The number of aliphatic hydroxyl groups is 1. The van der Waals surface area contributed by atoms with E-state index in [1.165, 1.54) is 12.1 Å². The molecule has 1 aromatic carbocycles. The first-order valence-corrected chi connectivity index (χ1v) is 5.26. The Balaban J connectivity index is 2.80. The highest BCUT2D eigenvalue weighted by Crippen LogP contribution is 2.10. The second kappa shape index (κ2) is 5.61. The van der Waals surface area contributed by atoms with E-state index in [2.05, 4.69) is 5.32 Å². The second-order valence-electron chi connectivity index (χ2n) is 3.74. The van der Waals surface area contributed by atoms with Gasteiger partial charge in [-0.15, -0.1) is 0 Å². The molecule has 0 aliphatic heterocycles. The number of carbonyl (C=O) groups excluding carboxylic acids is 1. The number of hydrogen-bond donors (Lipinski definition) is 2. The maximum atomic E-state index is 13.4. The molecule has 0 saturated heterocycles. The van der Waals surface area contributed by atoms with Crippen molar-refractivity contribution < 1.29 is 14.3 Å². The molecule has 0 spiro atoms. The van der Waals surface area contributed by atoms with Crippen molar-refractivity contribution >= 4 is 5.91 Å². The third-order valence-electron chi connectivity index (χ3n) is 2.42. The van der Waals surface area contributed by atoms with Crippen LogP contribution in [-0.2, 0) is 0 Å². The summed E-state index contributed by atoms with van der Waals surface area (Å²) >= 11 is 0. The summed E-state index contributed by atoms with van der Waals surface area (Å²) in [5.41, 5.74) is 0.778. The van der Waals surface area contributed by atoms with Gasteiger partial charge in [-0.3, -0.25) is 4.79 Å². The smallest absolute Gasteiger partial charge is 0.254 e. The molecule has 1 aromatic rings. The lowest BCUT2D eigenvalue weighted by molar-refractivity contribution is 0.0911. The van der Waals surface area contributed by atoms with Crippen LogP contribution < -0.4 is 5.32 Å². The molecule has 0 aliphatic carbocycles. The van der Waals surface area contributed by atoms with Crippen LogP contribution in [0.2, 0.25) is 0 Å². The largest absolute Gasteiger partial charge is 0.394 e. The summed E-state index contributed by atoms with van der Waals surface area (Å²) in [4.78, 5) is 11.6. The van der Waals surface area contributed by atoms with E-state index < -0.39 is 11.7 Å². The molecule has 0 bridgehead atoms. The van der Waals surface area contributed by atoms with Gasteiger partial charge in [-0.1, -0.05) is 13.0 Å². The predicted octanol–water partition coefficient (Wildman–Crippen LogP) is 1.63. The van der Waals surface area contributed by atoms with Crippen molar-refractivity contribution in [3.8, 4) is 0 Å². The number of aryl methyl sites for hydroxylation is 1. The fourth-order valence-electron chi connectivity index (χ4n) is 1.34. The van der Waals surface area contributed by atoms with Gasteiger partial charge in [0.05, 0.1) is 18.2 Å². The van der Waals surface area contributed by atoms with Crippen molar-refractivity contribution in [3.05, 3.63) is 35.1 Å². The normalized spacial score (nSPS) is 12.2. The van der Waals surface area contributed by atoms with E-state index in [9.17, 15) is 9.18 Å². The first kappa shape index (κ1) is 12.6. The molecule has 1 rings (SSSR count). The molecule has 0 saturated carbocycles. The maximum Gasteiger partial charge on any atom is 0.254 e. The van der Waals surface area contributed by atoms with Crippen LogP contribution in [0.3, 0.4) is 0 Å². The Labute approximate surface area is 94.3 Å². The minimum atomic E-state index is -0.537. The van der Waals surface area contributed by atoms with Gasteiger partial charge in [0.1, 0.15) is 5.82 Å². The van der Waals surface area contributed by atoms with Crippen LogP contribution in [0.5, 0.6) is 0 Å². The number of carbonyl (C=O) groups is 1. The Morgan fingerprint density at radius 3 is 2.75 bits per heavy atom. The van der Waals surface area contributed by atoms with Gasteiger partial charge in [-0.05, 0) is 31.0 Å². The summed E-state index contributed by atoms with van der Waals surface area (Å²) in [6.45, 7) is 3.45. The quantitative estimate of drug-likeness (QED) is 0.818. The summed E-state index contributed by atoms with van der Waals surface area (Å²) in [7, 11) is 0. The molecule has 0 unspecified atom stereocenters. The van der Waals surface area contributed by atoms with Crippen LogP contribution >= 0.6 is 0 Å². The zero-order chi connectivity index (χ0) is 12.1. The van der Waals surface area contributed by atoms with Crippen LogP contribution in [0.1, 0.15) is 29.3 Å². The number of rotatable bonds is 4. The first-order valence-electron chi connectivity index (χ1n) is 5.26. The van der Waals surface area contributed by atoms with Crippen LogP contribution in [0.25, 0.3) is 0 Å². The molecule has 0 radical (unpaired) electrons. The minimum absolute atomic E-state index is 0.0116. The van der Waals surface area contributed by atoms with Crippen LogP contribution in [0, 0.1) is 12.7 Å². The number of aliphatic hydroxyl groups excluding tert-OH is 1. The highest BCUT2D eigenvalue weighted by Gasteiger charge is 2.14. The van der Waals surface area contributed by atoms with Crippen molar-refractivity contribution in [2.45, 2.75) is 26.3 Å². The van der Waals surface area contributed by atoms with Gasteiger partial charge in [0.2, 0.25) is 0 Å². The third kappa shape index (κ3) is 3.03. The number of amides is 1. The van der Waals surface area contributed by atoms with E-state index in [4.69, 9.17) is 5.11 Å². The van der Waals surface area contributed by atoms with Crippen molar-refractivity contribution in [3.63, 3.8) is 0 Å². The fourth-order valence-corrected chi connectivity index (χ4v) is 1.34. The lowest BCUT2D eigenvalue weighted by Gasteiger charge is -2.14. The molecule has 0 aromatic heterocycles. The van der Waals surface area contributed by atoms with Crippen molar-refractivity contribution in [1.82, 2.24) is 5.32 Å². The second-order valence-corrected chi connectivity index (χ2v) is 3.74. The number of hydrogen-bond acceptors (Lipinski definition) is 2. The van der Waals surface area contributed by atoms with Crippen molar-refractivity contribution in [2.75, 3.05) is 6.61 Å². The molecule has 0 heterocycles. The molecule has 2 N–H and O–H groups in total. The molecule has 0 fully saturated rings. The molecule has 3 nitrogen and oxygen atoms in total. The third-order valence-corrected chi connectivity index (χ3v) is 2.42. The molecular formula is C12H16FNO2. The molecule has 16 heavy (non-hydrogen) atoms. The molecule has 88 valence electrons. The highest BCUT2D eigenvalue weighted by atomic mass is 19.1. The highest BCUT2D eigenvalue weighted by molar-refractivity contribution is 5.94. The van der Waals surface area contributed by atoms with Gasteiger partial charge >= 0.3 is 0 Å². The standard InChI is InChI=1S/C12H16FNO2/c1-3-9(7-15)14-12(16)10-5-4-8(2)6-11(10)13/h4-6,9,15H,3,7H2,1-2H3,(H,14,16)/t9-/m0/s1. The monoisotopic (exact) mass is 225 g/mol. The Morgan fingerprint density at radius 2 is 2.25 bits per heavy atom. The predicted molar refractivity (Wildman–Crippen MR) is 59.8 cm³/mol. The van der Waals surface area contributed by atoms with Crippen LogP contribution in [0.15, 0.2) is 18.2 Å². The molecule has 0 aliphatic rings.